The molecule has 0 atom stereocenters. The molecule has 0 fully saturated rings. The number of aryl methyl sites for hydroxylation is 2. The van der Waals surface area contributed by atoms with Gasteiger partial charge in [-0.25, -0.2) is 4.98 Å². The number of anilines is 1. The maximum atomic E-state index is 5.94. The second kappa shape index (κ2) is 5.16. The first-order valence-corrected chi connectivity index (χ1v) is 6.78. The van der Waals surface area contributed by atoms with Gasteiger partial charge in [-0.15, -0.1) is 0 Å². The van der Waals surface area contributed by atoms with Gasteiger partial charge in [-0.2, -0.15) is 0 Å². The lowest BCUT2D eigenvalue weighted by Crippen LogP contribution is -2.13. The van der Waals surface area contributed by atoms with E-state index in [-0.39, 0.29) is 5.41 Å². The predicted molar refractivity (Wildman–Crippen MR) is 83.3 cm³/mol. The zero-order chi connectivity index (χ0) is 14.9. The molecule has 1 heterocycles. The first-order chi connectivity index (χ1) is 9.27. The van der Waals surface area contributed by atoms with E-state index in [1.807, 2.05) is 19.1 Å². The molecule has 0 radical (unpaired) electrons. The second-order valence-corrected chi connectivity index (χ2v) is 6.23. The number of nitrogens with two attached hydrogens (primary N) is 1. The van der Waals surface area contributed by atoms with Gasteiger partial charge in [-0.05, 0) is 30.9 Å². The molecule has 0 saturated heterocycles. The van der Waals surface area contributed by atoms with E-state index in [1.54, 1.807) is 12.3 Å². The van der Waals surface area contributed by atoms with Gasteiger partial charge in [0.2, 0.25) is 5.88 Å². The van der Waals surface area contributed by atoms with Crippen molar-refractivity contribution < 1.29 is 4.74 Å². The average molecular weight is 270 g/mol. The van der Waals surface area contributed by atoms with Crippen LogP contribution in [0.3, 0.4) is 0 Å². The van der Waals surface area contributed by atoms with Crippen LogP contribution in [-0.2, 0) is 5.41 Å². The fourth-order valence-electron chi connectivity index (χ4n) is 2.01. The molecule has 1 aromatic carbocycles. The number of ether oxygens (including phenoxy) is 1. The summed E-state index contributed by atoms with van der Waals surface area (Å²) in [5.41, 5.74) is 9.95. The lowest BCUT2D eigenvalue weighted by molar-refractivity contribution is 0.440. The van der Waals surface area contributed by atoms with Crippen molar-refractivity contribution in [3.63, 3.8) is 0 Å². The molecule has 0 aliphatic rings. The average Bonchev–Trinajstić information content (AvgIpc) is 2.35. The molecule has 2 aromatic rings. The number of hydrogen-bond donors (Lipinski definition) is 1. The molecule has 3 heteroatoms. The molecule has 2 N–H and O–H groups in total. The standard InChI is InChI=1S/C17H22N2O/c1-11-6-7-15(13(8-11)17(3,4)5)20-16-9-14(18)12(2)10-19-16/h6-10H,1-5H3,(H2,18,19). The summed E-state index contributed by atoms with van der Waals surface area (Å²) in [7, 11) is 0. The minimum atomic E-state index is 0.0115. The third kappa shape index (κ3) is 3.10. The number of hydrogen-bond acceptors (Lipinski definition) is 3. The smallest absolute Gasteiger partial charge is 0.221 e. The Labute approximate surface area is 120 Å². The van der Waals surface area contributed by atoms with Crippen molar-refractivity contribution in [1.29, 1.82) is 0 Å². The molecular formula is C17H22N2O. The largest absolute Gasteiger partial charge is 0.439 e. The van der Waals surface area contributed by atoms with E-state index in [0.29, 0.717) is 11.6 Å². The molecule has 0 aliphatic carbocycles. The van der Waals surface area contributed by atoms with Crippen molar-refractivity contribution in [3.8, 4) is 11.6 Å². The molecule has 106 valence electrons. The summed E-state index contributed by atoms with van der Waals surface area (Å²) in [6.45, 7) is 10.5. The van der Waals surface area contributed by atoms with Crippen molar-refractivity contribution >= 4 is 5.69 Å². The molecule has 3 nitrogen and oxygen atoms in total. The summed E-state index contributed by atoms with van der Waals surface area (Å²) in [5.74, 6) is 1.36. The third-order valence-corrected chi connectivity index (χ3v) is 3.28. The Morgan fingerprint density at radius 3 is 2.40 bits per heavy atom. The maximum absolute atomic E-state index is 5.94. The van der Waals surface area contributed by atoms with Gasteiger partial charge in [0.15, 0.2) is 0 Å². The minimum absolute atomic E-state index is 0.0115. The van der Waals surface area contributed by atoms with E-state index in [1.165, 1.54) is 11.1 Å². The highest BCUT2D eigenvalue weighted by atomic mass is 16.5. The number of pyridine rings is 1. The van der Waals surface area contributed by atoms with Crippen LogP contribution in [0.15, 0.2) is 30.5 Å². The highest BCUT2D eigenvalue weighted by molar-refractivity contribution is 5.49. The normalized spacial score (nSPS) is 11.4. The second-order valence-electron chi connectivity index (χ2n) is 6.23. The first kappa shape index (κ1) is 14.4. The summed E-state index contributed by atoms with van der Waals surface area (Å²) in [6.07, 6.45) is 1.73. The van der Waals surface area contributed by atoms with Crippen molar-refractivity contribution in [3.05, 3.63) is 47.2 Å². The summed E-state index contributed by atoms with van der Waals surface area (Å²) < 4.78 is 5.94. The highest BCUT2D eigenvalue weighted by Crippen LogP contribution is 2.34. The zero-order valence-electron chi connectivity index (χ0n) is 12.8. The van der Waals surface area contributed by atoms with E-state index < -0.39 is 0 Å². The van der Waals surface area contributed by atoms with E-state index >= 15 is 0 Å². The SMILES string of the molecule is Cc1ccc(Oc2cc(N)c(C)cn2)c(C(C)(C)C)c1. The molecule has 2 rings (SSSR count). The van der Waals surface area contributed by atoms with Crippen molar-refractivity contribution in [2.24, 2.45) is 0 Å². The van der Waals surface area contributed by atoms with Crippen LogP contribution < -0.4 is 10.5 Å². The molecule has 0 amide bonds. The van der Waals surface area contributed by atoms with Gasteiger partial charge in [0.25, 0.3) is 0 Å². The van der Waals surface area contributed by atoms with Crippen molar-refractivity contribution in [2.75, 3.05) is 5.73 Å². The van der Waals surface area contributed by atoms with E-state index in [9.17, 15) is 0 Å². The van der Waals surface area contributed by atoms with Crippen LogP contribution >= 0.6 is 0 Å². The lowest BCUT2D eigenvalue weighted by Gasteiger charge is -2.23. The van der Waals surface area contributed by atoms with Crippen molar-refractivity contribution in [2.45, 2.75) is 40.0 Å². The fraction of sp³-hybridized carbons (Fsp3) is 0.353. The van der Waals surface area contributed by atoms with E-state index in [4.69, 9.17) is 10.5 Å². The Morgan fingerprint density at radius 1 is 1.10 bits per heavy atom. The summed E-state index contributed by atoms with van der Waals surface area (Å²) >= 11 is 0. The van der Waals surface area contributed by atoms with Crippen LogP contribution in [0.1, 0.15) is 37.5 Å². The Balaban J connectivity index is 2.40. The predicted octanol–water partition coefficient (Wildman–Crippen LogP) is 4.37. The molecule has 20 heavy (non-hydrogen) atoms. The van der Waals surface area contributed by atoms with Gasteiger partial charge < -0.3 is 10.5 Å². The van der Waals surface area contributed by atoms with Crippen LogP contribution in [0.2, 0.25) is 0 Å². The number of rotatable bonds is 2. The summed E-state index contributed by atoms with van der Waals surface area (Å²) in [6, 6.07) is 7.96. The van der Waals surface area contributed by atoms with E-state index in [2.05, 4.69) is 38.7 Å². The van der Waals surface area contributed by atoms with Gasteiger partial charge in [0.1, 0.15) is 5.75 Å². The first-order valence-electron chi connectivity index (χ1n) is 6.78. The van der Waals surface area contributed by atoms with Crippen molar-refractivity contribution in [1.82, 2.24) is 4.98 Å². The number of aromatic nitrogens is 1. The zero-order valence-corrected chi connectivity index (χ0v) is 12.8. The summed E-state index contributed by atoms with van der Waals surface area (Å²) in [5, 5.41) is 0. The topological polar surface area (TPSA) is 48.1 Å². The van der Waals surface area contributed by atoms with Crippen LogP contribution in [0, 0.1) is 13.8 Å². The quantitative estimate of drug-likeness (QED) is 0.881. The number of nitrogens with zero attached hydrogens (tertiary/aromatic N) is 1. The highest BCUT2D eigenvalue weighted by Gasteiger charge is 2.19. The molecule has 0 aliphatic heterocycles. The lowest BCUT2D eigenvalue weighted by atomic mass is 9.85. The van der Waals surface area contributed by atoms with Gasteiger partial charge in [0.05, 0.1) is 0 Å². The van der Waals surface area contributed by atoms with Crippen LogP contribution in [0.5, 0.6) is 11.6 Å². The molecular weight excluding hydrogens is 248 g/mol. The van der Waals surface area contributed by atoms with Gasteiger partial charge in [-0.3, -0.25) is 0 Å². The van der Waals surface area contributed by atoms with Gasteiger partial charge >= 0.3 is 0 Å². The van der Waals surface area contributed by atoms with Gasteiger partial charge in [0, 0.05) is 23.5 Å². The fourth-order valence-corrected chi connectivity index (χ4v) is 2.01. The molecule has 0 unspecified atom stereocenters. The monoisotopic (exact) mass is 270 g/mol. The molecule has 0 saturated carbocycles. The summed E-state index contributed by atoms with van der Waals surface area (Å²) in [4.78, 5) is 4.28. The Bertz CT molecular complexity index is 627. The third-order valence-electron chi connectivity index (χ3n) is 3.28. The number of benzene rings is 1. The minimum Gasteiger partial charge on any atom is -0.439 e. The molecule has 1 aromatic heterocycles. The van der Waals surface area contributed by atoms with E-state index in [0.717, 1.165) is 11.3 Å². The molecule has 0 spiro atoms. The number of nitrogen functional groups attached to an aromatic ring is 1. The van der Waals surface area contributed by atoms with Crippen LogP contribution in [0.25, 0.3) is 0 Å². The molecule has 0 bridgehead atoms. The Kier molecular flexibility index (Phi) is 3.71. The van der Waals surface area contributed by atoms with Crippen LogP contribution in [-0.4, -0.2) is 4.98 Å². The van der Waals surface area contributed by atoms with Crippen LogP contribution in [0.4, 0.5) is 5.69 Å². The van der Waals surface area contributed by atoms with Gasteiger partial charge in [-0.1, -0.05) is 38.5 Å². The Hall–Kier alpha value is -2.03. The Morgan fingerprint density at radius 2 is 1.80 bits per heavy atom. The maximum Gasteiger partial charge on any atom is 0.221 e.